The van der Waals surface area contributed by atoms with Gasteiger partial charge in [0.2, 0.25) is 0 Å². The molecule has 20 heavy (non-hydrogen) atoms. The van der Waals surface area contributed by atoms with Crippen LogP contribution >= 0.6 is 0 Å². The van der Waals surface area contributed by atoms with Crippen molar-refractivity contribution >= 4 is 5.97 Å². The van der Waals surface area contributed by atoms with E-state index in [1.165, 1.54) is 32.1 Å². The summed E-state index contributed by atoms with van der Waals surface area (Å²) in [5.41, 5.74) is -0.665. The van der Waals surface area contributed by atoms with Crippen LogP contribution in [0.25, 0.3) is 0 Å². The van der Waals surface area contributed by atoms with Gasteiger partial charge in [-0.1, -0.05) is 19.3 Å². The van der Waals surface area contributed by atoms with Crippen LogP contribution in [0.1, 0.15) is 59.3 Å². The third-order valence-corrected chi connectivity index (χ3v) is 4.31. The normalized spacial score (nSPS) is 21.2. The molecule has 0 spiro atoms. The first kappa shape index (κ1) is 17.4. The fourth-order valence-corrected chi connectivity index (χ4v) is 2.87. The van der Waals surface area contributed by atoms with Gasteiger partial charge in [0.15, 0.2) is 0 Å². The second-order valence-electron chi connectivity index (χ2n) is 6.15. The predicted octanol–water partition coefficient (Wildman–Crippen LogP) is 2.90. The van der Waals surface area contributed by atoms with Crippen molar-refractivity contribution in [3.63, 3.8) is 0 Å². The van der Waals surface area contributed by atoms with Crippen molar-refractivity contribution < 1.29 is 14.3 Å². The second-order valence-corrected chi connectivity index (χ2v) is 6.15. The third-order valence-electron chi connectivity index (χ3n) is 4.31. The first-order valence-corrected chi connectivity index (χ1v) is 7.99. The fraction of sp³-hybridized carbons (Fsp3) is 0.938. The summed E-state index contributed by atoms with van der Waals surface area (Å²) in [5, 5.41) is 3.08. The van der Waals surface area contributed by atoms with Crippen LogP contribution in [0.2, 0.25) is 0 Å². The zero-order valence-corrected chi connectivity index (χ0v) is 13.5. The summed E-state index contributed by atoms with van der Waals surface area (Å²) in [7, 11) is 1.80. The Balaban J connectivity index is 2.37. The summed E-state index contributed by atoms with van der Waals surface area (Å²) in [4.78, 5) is 12.0. The minimum Gasteiger partial charge on any atom is -0.465 e. The molecule has 1 rings (SSSR count). The van der Waals surface area contributed by atoms with Crippen LogP contribution in [0.5, 0.6) is 0 Å². The molecule has 4 nitrogen and oxygen atoms in total. The number of carbonyl (C=O) groups is 1. The lowest BCUT2D eigenvalue weighted by Gasteiger charge is -2.30. The third kappa shape index (κ3) is 5.41. The molecule has 0 saturated heterocycles. The zero-order valence-electron chi connectivity index (χ0n) is 13.5. The van der Waals surface area contributed by atoms with Crippen LogP contribution in [0.4, 0.5) is 0 Å². The second kappa shape index (κ2) is 8.63. The van der Waals surface area contributed by atoms with Crippen molar-refractivity contribution in [3.8, 4) is 0 Å². The van der Waals surface area contributed by atoms with Gasteiger partial charge < -0.3 is 14.8 Å². The summed E-state index contributed by atoms with van der Waals surface area (Å²) in [6.45, 7) is 6.98. The molecule has 1 fully saturated rings. The van der Waals surface area contributed by atoms with Gasteiger partial charge in [-0.2, -0.15) is 0 Å². The molecule has 0 aromatic carbocycles. The van der Waals surface area contributed by atoms with Crippen molar-refractivity contribution in [2.75, 3.05) is 20.3 Å². The predicted molar refractivity (Wildman–Crippen MR) is 80.7 cm³/mol. The smallest absolute Gasteiger partial charge is 0.326 e. The highest BCUT2D eigenvalue weighted by molar-refractivity contribution is 5.80. The van der Waals surface area contributed by atoms with E-state index in [4.69, 9.17) is 9.47 Å². The SMILES string of the molecule is CCOC(=O)C(C)(CC(C)OCC1CCCCC1)NC. The molecule has 0 aromatic heterocycles. The zero-order chi connectivity index (χ0) is 15.0. The minimum atomic E-state index is -0.665. The number of rotatable bonds is 8. The number of hydrogen-bond acceptors (Lipinski definition) is 4. The van der Waals surface area contributed by atoms with Crippen molar-refractivity contribution in [1.29, 1.82) is 0 Å². The number of ether oxygens (including phenoxy) is 2. The molecule has 0 radical (unpaired) electrons. The molecule has 1 saturated carbocycles. The number of carbonyl (C=O) groups excluding carboxylic acids is 1. The summed E-state index contributed by atoms with van der Waals surface area (Å²) < 4.78 is 11.1. The Morgan fingerprint density at radius 3 is 2.55 bits per heavy atom. The standard InChI is InChI=1S/C16H31NO3/c1-5-19-15(18)16(3,17-4)11-13(2)20-12-14-9-7-6-8-10-14/h13-14,17H,5-12H2,1-4H3. The summed E-state index contributed by atoms with van der Waals surface area (Å²) in [5.74, 6) is 0.505. The van der Waals surface area contributed by atoms with E-state index in [0.29, 0.717) is 18.9 Å². The molecule has 0 aliphatic heterocycles. The van der Waals surface area contributed by atoms with Crippen molar-refractivity contribution in [3.05, 3.63) is 0 Å². The van der Waals surface area contributed by atoms with Gasteiger partial charge in [-0.15, -0.1) is 0 Å². The molecule has 118 valence electrons. The van der Waals surface area contributed by atoms with E-state index in [2.05, 4.69) is 5.32 Å². The van der Waals surface area contributed by atoms with E-state index in [1.807, 2.05) is 20.8 Å². The summed E-state index contributed by atoms with van der Waals surface area (Å²) >= 11 is 0. The lowest BCUT2D eigenvalue weighted by Crippen LogP contribution is -2.50. The maximum atomic E-state index is 12.0. The van der Waals surface area contributed by atoms with Crippen LogP contribution < -0.4 is 5.32 Å². The van der Waals surface area contributed by atoms with Gasteiger partial charge in [0.25, 0.3) is 0 Å². The molecule has 0 heterocycles. The maximum Gasteiger partial charge on any atom is 0.326 e. The lowest BCUT2D eigenvalue weighted by atomic mass is 9.90. The van der Waals surface area contributed by atoms with Gasteiger partial charge in [0.1, 0.15) is 5.54 Å². The average molecular weight is 285 g/mol. The van der Waals surface area contributed by atoms with Crippen molar-refractivity contribution in [1.82, 2.24) is 5.32 Å². The first-order valence-electron chi connectivity index (χ1n) is 7.99. The molecule has 4 heteroatoms. The van der Waals surface area contributed by atoms with Crippen LogP contribution in [-0.2, 0) is 14.3 Å². The number of esters is 1. The Hall–Kier alpha value is -0.610. The number of nitrogens with one attached hydrogen (secondary N) is 1. The average Bonchev–Trinajstić information content (AvgIpc) is 2.46. The van der Waals surface area contributed by atoms with Crippen LogP contribution in [0.3, 0.4) is 0 Å². The lowest BCUT2D eigenvalue weighted by molar-refractivity contribution is -0.152. The van der Waals surface area contributed by atoms with Gasteiger partial charge in [-0.25, -0.2) is 0 Å². The van der Waals surface area contributed by atoms with Gasteiger partial charge >= 0.3 is 5.97 Å². The Labute approximate surface area is 123 Å². The summed E-state index contributed by atoms with van der Waals surface area (Å²) in [6.07, 6.45) is 7.29. The van der Waals surface area contributed by atoms with E-state index in [9.17, 15) is 4.79 Å². The van der Waals surface area contributed by atoms with Crippen LogP contribution in [0.15, 0.2) is 0 Å². The van der Waals surface area contributed by atoms with Crippen molar-refractivity contribution in [2.45, 2.75) is 70.9 Å². The molecule has 2 atom stereocenters. The highest BCUT2D eigenvalue weighted by Gasteiger charge is 2.35. The minimum absolute atomic E-state index is 0.0544. The molecule has 0 bridgehead atoms. The van der Waals surface area contributed by atoms with Gasteiger partial charge in [-0.05, 0) is 46.6 Å². The van der Waals surface area contributed by atoms with Crippen LogP contribution in [0, 0.1) is 5.92 Å². The Morgan fingerprint density at radius 1 is 1.35 bits per heavy atom. The van der Waals surface area contributed by atoms with Crippen molar-refractivity contribution in [2.24, 2.45) is 5.92 Å². The van der Waals surface area contributed by atoms with E-state index < -0.39 is 5.54 Å². The van der Waals surface area contributed by atoms with E-state index in [0.717, 1.165) is 6.61 Å². The molecular weight excluding hydrogens is 254 g/mol. The van der Waals surface area contributed by atoms with Gasteiger partial charge in [0.05, 0.1) is 12.7 Å². The Kier molecular flexibility index (Phi) is 7.52. The largest absolute Gasteiger partial charge is 0.465 e. The monoisotopic (exact) mass is 285 g/mol. The number of hydrogen-bond donors (Lipinski definition) is 1. The van der Waals surface area contributed by atoms with E-state index in [-0.39, 0.29) is 12.1 Å². The molecule has 1 aliphatic carbocycles. The molecule has 2 unspecified atom stereocenters. The fourth-order valence-electron chi connectivity index (χ4n) is 2.87. The quantitative estimate of drug-likeness (QED) is 0.697. The molecule has 1 aliphatic rings. The Morgan fingerprint density at radius 2 is 2.00 bits per heavy atom. The van der Waals surface area contributed by atoms with E-state index in [1.54, 1.807) is 7.05 Å². The maximum absolute atomic E-state index is 12.0. The van der Waals surface area contributed by atoms with Gasteiger partial charge in [-0.3, -0.25) is 4.79 Å². The van der Waals surface area contributed by atoms with Gasteiger partial charge in [0, 0.05) is 13.0 Å². The topological polar surface area (TPSA) is 47.6 Å². The first-order chi connectivity index (χ1) is 9.51. The molecular formula is C16H31NO3. The molecule has 0 aromatic rings. The van der Waals surface area contributed by atoms with E-state index >= 15 is 0 Å². The van der Waals surface area contributed by atoms with Crippen LogP contribution in [-0.4, -0.2) is 37.9 Å². The highest BCUT2D eigenvalue weighted by atomic mass is 16.5. The number of likely N-dealkylation sites (N-methyl/N-ethyl adjacent to an activating group) is 1. The highest BCUT2D eigenvalue weighted by Crippen LogP contribution is 2.25. The Bertz CT molecular complexity index is 289. The summed E-state index contributed by atoms with van der Waals surface area (Å²) in [6, 6.07) is 0. The molecule has 0 amide bonds. The molecule has 1 N–H and O–H groups in total.